The zero-order valence-electron chi connectivity index (χ0n) is 29.3. The summed E-state index contributed by atoms with van der Waals surface area (Å²) in [6.07, 6.45) is -3.42. The topological polar surface area (TPSA) is 154 Å². The number of nitrogens with zero attached hydrogens (tertiary/aromatic N) is 3. The zero-order chi connectivity index (χ0) is 34.7. The Morgan fingerprint density at radius 2 is 1.70 bits per heavy atom. The number of esters is 1. The summed E-state index contributed by atoms with van der Waals surface area (Å²) in [4.78, 5) is 64.7. The first-order valence-electron chi connectivity index (χ1n) is 16.4. The highest BCUT2D eigenvalue weighted by Gasteiger charge is 2.75. The molecule has 4 rings (SSSR count). The van der Waals surface area contributed by atoms with Gasteiger partial charge < -0.3 is 33.7 Å². The van der Waals surface area contributed by atoms with Crippen molar-refractivity contribution in [2.75, 3.05) is 21.2 Å². The molecule has 0 aliphatic carbocycles. The number of cyclic esters (lactones) is 1. The highest BCUT2D eigenvalue weighted by atomic mass is 16.7. The Hall–Kier alpha value is -2.45. The summed E-state index contributed by atoms with van der Waals surface area (Å²) >= 11 is 0. The van der Waals surface area contributed by atoms with Gasteiger partial charge in [-0.15, -0.1) is 0 Å². The van der Waals surface area contributed by atoms with Gasteiger partial charge in [0.1, 0.15) is 35.6 Å². The average Bonchev–Trinajstić information content (AvgIpc) is 3.29. The van der Waals surface area contributed by atoms with Gasteiger partial charge in [-0.25, -0.2) is 4.79 Å². The number of ketones is 2. The number of aliphatic hydroxyl groups excluding tert-OH is 1. The van der Waals surface area contributed by atoms with E-state index in [-0.39, 0.29) is 24.3 Å². The van der Waals surface area contributed by atoms with Crippen molar-refractivity contribution in [1.82, 2.24) is 9.80 Å². The van der Waals surface area contributed by atoms with Gasteiger partial charge in [-0.3, -0.25) is 24.3 Å². The number of hydrogen-bond acceptors (Lipinski definition) is 12. The molecule has 13 heteroatoms. The van der Waals surface area contributed by atoms with Crippen molar-refractivity contribution in [2.45, 2.75) is 135 Å². The Balaban J connectivity index is 2.05. The summed E-state index contributed by atoms with van der Waals surface area (Å²) in [6, 6.07) is -1.26. The molecule has 4 bridgehead atoms. The van der Waals surface area contributed by atoms with Crippen molar-refractivity contribution in [3.05, 3.63) is 0 Å². The average molecular weight is 652 g/mol. The summed E-state index contributed by atoms with van der Waals surface area (Å²) < 4.78 is 31.3. The molecule has 1 amide bonds. The van der Waals surface area contributed by atoms with Crippen LogP contribution in [0, 0.1) is 23.7 Å². The van der Waals surface area contributed by atoms with E-state index in [0.29, 0.717) is 6.42 Å². The van der Waals surface area contributed by atoms with Crippen LogP contribution < -0.4 is 0 Å². The van der Waals surface area contributed by atoms with Crippen molar-refractivity contribution in [1.29, 1.82) is 0 Å². The maximum atomic E-state index is 14.4. The number of methoxy groups -OCH3 is 1. The molecule has 0 aromatic heterocycles. The quantitative estimate of drug-likeness (QED) is 0.256. The van der Waals surface area contributed by atoms with Crippen LogP contribution in [0.4, 0.5) is 4.79 Å². The molecule has 0 aromatic carbocycles. The first kappa shape index (κ1) is 36.4. The molecule has 14 atom stereocenters. The number of carbonyl (C=O) groups excluding carboxylic acids is 4. The van der Waals surface area contributed by atoms with Crippen LogP contribution in [0.2, 0.25) is 0 Å². The predicted octanol–water partition coefficient (Wildman–Crippen LogP) is 2.60. The second kappa shape index (κ2) is 12.9. The molecule has 5 unspecified atom stereocenters. The molecule has 260 valence electrons. The van der Waals surface area contributed by atoms with Crippen LogP contribution in [0.5, 0.6) is 0 Å². The largest absolute Gasteiger partial charge is 0.458 e. The zero-order valence-corrected chi connectivity index (χ0v) is 29.3. The van der Waals surface area contributed by atoms with Gasteiger partial charge >= 0.3 is 12.1 Å². The first-order valence-corrected chi connectivity index (χ1v) is 16.4. The summed E-state index contributed by atoms with van der Waals surface area (Å²) in [6.45, 7) is 15.1. The highest BCUT2D eigenvalue weighted by molar-refractivity contribution is 6.00. The number of ether oxygens (including phenoxy) is 5. The van der Waals surface area contributed by atoms with Crippen molar-refractivity contribution < 1.29 is 48.0 Å². The molecule has 13 nitrogen and oxygen atoms in total. The fraction of sp³-hybridized carbons (Fsp3) is 0.848. The smallest absolute Gasteiger partial charge is 0.413 e. The standard InChI is InChI=1S/C33H53N3O10/c1-13-22-31(8)26-17(4)24(38)20(7)33(34-14-2,36(26)30(41)46-31)32(9,42-12)27(18(5)23(37)19(6)28(40)44-22)45-29-25(39)21(35(10)11)15-16(3)43-29/h14,16-22,25-27,29,39H,13,15H2,1-12H3/t16?,17-,18-,19+,20-,21?,22+,25?,26+,27+,29?,31+,32-,33?/m0/s1. The molecule has 0 aromatic rings. The van der Waals surface area contributed by atoms with Crippen LogP contribution in [-0.4, -0.2) is 126 Å². The summed E-state index contributed by atoms with van der Waals surface area (Å²) in [5.41, 5.74) is -5.01. The Morgan fingerprint density at radius 1 is 1.07 bits per heavy atom. The molecule has 0 radical (unpaired) electrons. The third-order valence-corrected chi connectivity index (χ3v) is 11.2. The number of aliphatic hydroxyl groups is 1. The minimum Gasteiger partial charge on any atom is -0.458 e. The number of likely N-dealkylation sites (N-methyl/N-ethyl adjacent to an activating group) is 1. The summed E-state index contributed by atoms with van der Waals surface area (Å²) in [7, 11) is 5.10. The van der Waals surface area contributed by atoms with Crippen LogP contribution in [0.15, 0.2) is 4.99 Å². The number of aliphatic imine (C=N–C) groups is 1. The second-order valence-electron chi connectivity index (χ2n) is 14.1. The van der Waals surface area contributed by atoms with Gasteiger partial charge in [0, 0.05) is 25.0 Å². The van der Waals surface area contributed by atoms with Crippen LogP contribution in [0.25, 0.3) is 0 Å². The van der Waals surface area contributed by atoms with Gasteiger partial charge in [-0.1, -0.05) is 27.7 Å². The van der Waals surface area contributed by atoms with Crippen LogP contribution in [0.3, 0.4) is 0 Å². The fourth-order valence-electron chi connectivity index (χ4n) is 8.63. The lowest BCUT2D eigenvalue weighted by molar-refractivity contribution is -0.310. The van der Waals surface area contributed by atoms with E-state index in [1.54, 1.807) is 48.5 Å². The molecule has 46 heavy (non-hydrogen) atoms. The normalized spacial score (nSPS) is 47.1. The lowest BCUT2D eigenvalue weighted by Gasteiger charge is -2.60. The van der Waals surface area contributed by atoms with E-state index >= 15 is 0 Å². The summed E-state index contributed by atoms with van der Waals surface area (Å²) in [5, 5.41) is 11.5. The number of rotatable bonds is 6. The number of piperidine rings is 1. The van der Waals surface area contributed by atoms with Gasteiger partial charge in [0.2, 0.25) is 0 Å². The van der Waals surface area contributed by atoms with E-state index in [9.17, 15) is 24.3 Å². The molecule has 4 fully saturated rings. The lowest BCUT2D eigenvalue weighted by atomic mass is 9.62. The summed E-state index contributed by atoms with van der Waals surface area (Å²) in [5.74, 6) is -5.51. The minimum absolute atomic E-state index is 0.209. The molecule has 4 saturated heterocycles. The van der Waals surface area contributed by atoms with E-state index in [4.69, 9.17) is 28.7 Å². The minimum atomic E-state index is -1.80. The Labute approximate surface area is 272 Å². The number of Topliss-reactive ketones (excluding diaryl/α,β-unsaturated/α-hetero) is 2. The van der Waals surface area contributed by atoms with Crippen LogP contribution in [0.1, 0.15) is 75.2 Å². The van der Waals surface area contributed by atoms with Gasteiger partial charge in [0.15, 0.2) is 23.3 Å². The Morgan fingerprint density at radius 3 is 2.24 bits per heavy atom. The molecule has 0 spiro atoms. The lowest BCUT2D eigenvalue weighted by Crippen LogP contribution is -2.79. The maximum Gasteiger partial charge on any atom is 0.413 e. The maximum absolute atomic E-state index is 14.4. The predicted molar refractivity (Wildman–Crippen MR) is 167 cm³/mol. The van der Waals surface area contributed by atoms with Crippen LogP contribution in [-0.2, 0) is 38.1 Å². The molecular formula is C33H53N3O10. The van der Waals surface area contributed by atoms with Crippen molar-refractivity contribution in [3.63, 3.8) is 0 Å². The highest BCUT2D eigenvalue weighted by Crippen LogP contribution is 2.56. The molecule has 1 N–H and O–H groups in total. The van der Waals surface area contributed by atoms with Crippen molar-refractivity contribution >= 4 is 29.8 Å². The third kappa shape index (κ3) is 5.21. The molecule has 4 aliphatic heterocycles. The Bertz CT molecular complexity index is 1240. The molecular weight excluding hydrogens is 598 g/mol. The monoisotopic (exact) mass is 651 g/mol. The fourth-order valence-corrected chi connectivity index (χ4v) is 8.63. The van der Waals surface area contributed by atoms with E-state index in [1.807, 2.05) is 25.9 Å². The number of amides is 1. The Kier molecular flexibility index (Phi) is 10.2. The molecule has 0 saturated carbocycles. The van der Waals surface area contributed by atoms with Gasteiger partial charge in [0.25, 0.3) is 0 Å². The van der Waals surface area contributed by atoms with Crippen molar-refractivity contribution in [2.24, 2.45) is 28.7 Å². The number of carbonyl (C=O) groups is 4. The third-order valence-electron chi connectivity index (χ3n) is 11.2. The molecule has 4 aliphatic rings. The van der Waals surface area contributed by atoms with Crippen LogP contribution >= 0.6 is 0 Å². The van der Waals surface area contributed by atoms with E-state index in [0.717, 1.165) is 0 Å². The van der Waals surface area contributed by atoms with Gasteiger partial charge in [0.05, 0.1) is 18.1 Å². The van der Waals surface area contributed by atoms with Crippen molar-refractivity contribution in [3.8, 4) is 0 Å². The SMILES string of the molecule is CC=NC12[C@@H](C)C(=O)[C@H](C)[C@H]3N1C(=O)O[C@]3(C)[C@@H](CC)OC(=O)[C@H](C)C(=O)[C@H](C)[C@@H](OC1OC(C)CC(N(C)C)C1O)[C@]2(C)OC. The first-order chi connectivity index (χ1) is 21.4. The van der Waals surface area contributed by atoms with Gasteiger partial charge in [-0.2, -0.15) is 0 Å². The van der Waals surface area contributed by atoms with E-state index < -0.39 is 89.0 Å². The van der Waals surface area contributed by atoms with Gasteiger partial charge in [-0.05, 0) is 67.8 Å². The molecule has 4 heterocycles. The second-order valence-corrected chi connectivity index (χ2v) is 14.1. The van der Waals surface area contributed by atoms with E-state index in [1.165, 1.54) is 25.1 Å². The number of hydrogen-bond donors (Lipinski definition) is 1. The van der Waals surface area contributed by atoms with E-state index in [2.05, 4.69) is 0 Å².